The molecule has 0 radical (unpaired) electrons. The first-order chi connectivity index (χ1) is 12.3. The van der Waals surface area contributed by atoms with Gasteiger partial charge >= 0.3 is 16.1 Å². The van der Waals surface area contributed by atoms with Crippen LogP contribution in [0.4, 0.5) is 10.5 Å². The lowest BCUT2D eigenvalue weighted by Gasteiger charge is -2.15. The maximum Gasteiger partial charge on any atom is 0.339 e. The minimum Gasteiger partial charge on any atom is -0.495 e. The van der Waals surface area contributed by atoms with Crippen molar-refractivity contribution >= 4 is 37.8 Å². The fourth-order valence-electron chi connectivity index (χ4n) is 2.69. The topological polar surface area (TPSA) is 84.9 Å². The van der Waals surface area contributed by atoms with Gasteiger partial charge in [0.05, 0.1) is 11.6 Å². The summed E-state index contributed by atoms with van der Waals surface area (Å²) >= 11 is 3.33. The fourth-order valence-corrected chi connectivity index (χ4v) is 4.31. The van der Waals surface area contributed by atoms with Gasteiger partial charge in [-0.25, -0.2) is 4.79 Å². The van der Waals surface area contributed by atoms with Gasteiger partial charge in [-0.3, -0.25) is 4.90 Å². The van der Waals surface area contributed by atoms with E-state index in [0.29, 0.717) is 29.0 Å². The van der Waals surface area contributed by atoms with Crippen LogP contribution in [0.3, 0.4) is 0 Å². The highest BCUT2D eigenvalue weighted by Gasteiger charge is 2.23. The first-order valence-electron chi connectivity index (χ1n) is 7.76. The molecular weight excluding hydrogens is 424 g/mol. The van der Waals surface area contributed by atoms with Crippen molar-refractivity contribution in [3.05, 3.63) is 46.4 Å². The van der Waals surface area contributed by atoms with E-state index in [1.54, 1.807) is 30.0 Å². The SMILES string of the molecule is COc1c(C)cc(OS(=O)(=O)c2ccc(N3CCNC3=O)cc2)cc1Br. The minimum absolute atomic E-state index is 0.00505. The van der Waals surface area contributed by atoms with Crippen LogP contribution in [-0.4, -0.2) is 34.6 Å². The third-order valence-corrected chi connectivity index (χ3v) is 5.76. The van der Waals surface area contributed by atoms with E-state index in [-0.39, 0.29) is 16.7 Å². The molecule has 2 aromatic carbocycles. The molecule has 1 heterocycles. The second-order valence-electron chi connectivity index (χ2n) is 5.67. The normalized spacial score (nSPS) is 14.3. The number of rotatable bonds is 5. The number of amides is 2. The van der Waals surface area contributed by atoms with E-state index in [1.165, 1.54) is 25.3 Å². The molecule has 2 amide bonds. The number of nitrogens with zero attached hydrogens (tertiary/aromatic N) is 1. The van der Waals surface area contributed by atoms with E-state index in [4.69, 9.17) is 8.92 Å². The molecule has 7 nitrogen and oxygen atoms in total. The number of hydrogen-bond donors (Lipinski definition) is 1. The average molecular weight is 441 g/mol. The van der Waals surface area contributed by atoms with Gasteiger partial charge in [0.1, 0.15) is 16.4 Å². The third kappa shape index (κ3) is 3.63. The molecule has 1 saturated heterocycles. The van der Waals surface area contributed by atoms with Crippen molar-refractivity contribution in [3.8, 4) is 11.5 Å². The highest BCUT2D eigenvalue weighted by molar-refractivity contribution is 9.10. The summed E-state index contributed by atoms with van der Waals surface area (Å²) in [4.78, 5) is 13.2. The van der Waals surface area contributed by atoms with Crippen LogP contribution in [0, 0.1) is 6.92 Å². The number of nitrogens with one attached hydrogen (secondary N) is 1. The number of aryl methyl sites for hydroxylation is 1. The number of hydrogen-bond acceptors (Lipinski definition) is 5. The number of methoxy groups -OCH3 is 1. The van der Waals surface area contributed by atoms with Gasteiger partial charge < -0.3 is 14.2 Å². The number of halogens is 1. The van der Waals surface area contributed by atoms with Crippen LogP contribution < -0.4 is 19.1 Å². The number of ether oxygens (including phenoxy) is 1. The van der Waals surface area contributed by atoms with E-state index < -0.39 is 10.1 Å². The van der Waals surface area contributed by atoms with Crippen molar-refractivity contribution in [2.45, 2.75) is 11.8 Å². The maximum absolute atomic E-state index is 12.5. The van der Waals surface area contributed by atoms with Crippen molar-refractivity contribution in [3.63, 3.8) is 0 Å². The molecule has 1 aliphatic rings. The summed E-state index contributed by atoms with van der Waals surface area (Å²) in [5, 5.41) is 2.69. The molecule has 0 saturated carbocycles. The molecule has 9 heteroatoms. The van der Waals surface area contributed by atoms with Gasteiger partial charge in [-0.05, 0) is 64.8 Å². The van der Waals surface area contributed by atoms with Crippen molar-refractivity contribution in [1.29, 1.82) is 0 Å². The lowest BCUT2D eigenvalue weighted by Crippen LogP contribution is -2.27. The van der Waals surface area contributed by atoms with E-state index in [0.717, 1.165) is 5.56 Å². The van der Waals surface area contributed by atoms with Gasteiger partial charge in [0.15, 0.2) is 0 Å². The van der Waals surface area contributed by atoms with E-state index in [1.807, 2.05) is 0 Å². The summed E-state index contributed by atoms with van der Waals surface area (Å²) in [6, 6.07) is 8.92. The molecule has 0 spiro atoms. The second kappa shape index (κ2) is 7.16. The molecule has 3 rings (SSSR count). The van der Waals surface area contributed by atoms with Gasteiger partial charge in [-0.15, -0.1) is 0 Å². The lowest BCUT2D eigenvalue weighted by atomic mass is 10.2. The van der Waals surface area contributed by atoms with Crippen LogP contribution in [0.2, 0.25) is 0 Å². The van der Waals surface area contributed by atoms with Crippen LogP contribution in [0.5, 0.6) is 11.5 Å². The van der Waals surface area contributed by atoms with E-state index in [2.05, 4.69) is 21.2 Å². The Bertz CT molecular complexity index is 921. The summed E-state index contributed by atoms with van der Waals surface area (Å²) < 4.78 is 36.1. The first-order valence-corrected chi connectivity index (χ1v) is 9.96. The summed E-state index contributed by atoms with van der Waals surface area (Å²) in [5.74, 6) is 0.793. The predicted octanol–water partition coefficient (Wildman–Crippen LogP) is 3.06. The standard InChI is InChI=1S/C17H17BrN2O5S/c1-11-9-13(10-15(18)16(11)24-2)25-26(22,23)14-5-3-12(4-6-14)20-8-7-19-17(20)21/h3-6,9-10H,7-8H2,1-2H3,(H,19,21). The summed E-state index contributed by atoms with van der Waals surface area (Å²) in [6.07, 6.45) is 0. The predicted molar refractivity (Wildman–Crippen MR) is 100 cm³/mol. The highest BCUT2D eigenvalue weighted by atomic mass is 79.9. The Hall–Kier alpha value is -2.26. The summed E-state index contributed by atoms with van der Waals surface area (Å²) in [7, 11) is -2.47. The van der Waals surface area contributed by atoms with E-state index >= 15 is 0 Å². The van der Waals surface area contributed by atoms with Crippen LogP contribution in [-0.2, 0) is 10.1 Å². The molecule has 0 bridgehead atoms. The van der Waals surface area contributed by atoms with Crippen molar-refractivity contribution in [2.75, 3.05) is 25.1 Å². The van der Waals surface area contributed by atoms with Crippen LogP contribution in [0.15, 0.2) is 45.8 Å². The average Bonchev–Trinajstić information content (AvgIpc) is 3.00. The maximum atomic E-state index is 12.5. The monoisotopic (exact) mass is 440 g/mol. The van der Waals surface area contributed by atoms with Gasteiger partial charge in [0.2, 0.25) is 0 Å². The molecule has 2 aromatic rings. The van der Waals surface area contributed by atoms with Gasteiger partial charge in [0, 0.05) is 18.8 Å². The molecule has 1 aliphatic heterocycles. The third-order valence-electron chi connectivity index (χ3n) is 3.91. The molecule has 0 unspecified atom stereocenters. The van der Waals surface area contributed by atoms with Crippen molar-refractivity contribution < 1.29 is 22.1 Å². The van der Waals surface area contributed by atoms with Crippen LogP contribution in [0.25, 0.3) is 0 Å². The Morgan fingerprint density at radius 1 is 1.19 bits per heavy atom. The number of carbonyl (C=O) groups is 1. The van der Waals surface area contributed by atoms with Crippen LogP contribution in [0.1, 0.15) is 5.56 Å². The number of anilines is 1. The van der Waals surface area contributed by atoms with Crippen LogP contribution >= 0.6 is 15.9 Å². The molecule has 0 aliphatic carbocycles. The Morgan fingerprint density at radius 2 is 1.88 bits per heavy atom. The molecule has 26 heavy (non-hydrogen) atoms. The zero-order chi connectivity index (χ0) is 18.9. The Labute approximate surface area is 160 Å². The number of carbonyl (C=O) groups excluding carboxylic acids is 1. The fraction of sp³-hybridized carbons (Fsp3) is 0.235. The summed E-state index contributed by atoms with van der Waals surface area (Å²) in [5.41, 5.74) is 1.37. The largest absolute Gasteiger partial charge is 0.495 e. The summed E-state index contributed by atoms with van der Waals surface area (Å²) in [6.45, 7) is 2.90. The molecule has 0 aromatic heterocycles. The first kappa shape index (κ1) is 18.5. The molecule has 0 atom stereocenters. The molecule has 1 fully saturated rings. The van der Waals surface area contributed by atoms with Gasteiger partial charge in [0.25, 0.3) is 0 Å². The lowest BCUT2D eigenvalue weighted by molar-refractivity contribution is 0.252. The Kier molecular flexibility index (Phi) is 5.10. The molecule has 138 valence electrons. The number of benzene rings is 2. The number of urea groups is 1. The van der Waals surface area contributed by atoms with Crippen molar-refractivity contribution in [2.24, 2.45) is 0 Å². The van der Waals surface area contributed by atoms with E-state index in [9.17, 15) is 13.2 Å². The Morgan fingerprint density at radius 3 is 2.42 bits per heavy atom. The molecule has 1 N–H and O–H groups in total. The smallest absolute Gasteiger partial charge is 0.339 e. The quantitative estimate of drug-likeness (QED) is 0.722. The highest BCUT2D eigenvalue weighted by Crippen LogP contribution is 2.34. The van der Waals surface area contributed by atoms with Gasteiger partial charge in [-0.1, -0.05) is 0 Å². The van der Waals surface area contributed by atoms with Gasteiger partial charge in [-0.2, -0.15) is 8.42 Å². The molecular formula is C17H17BrN2O5S. The second-order valence-corrected chi connectivity index (χ2v) is 8.07. The zero-order valence-electron chi connectivity index (χ0n) is 14.2. The zero-order valence-corrected chi connectivity index (χ0v) is 16.6. The minimum atomic E-state index is -4.00. The Balaban J connectivity index is 1.83. The van der Waals surface area contributed by atoms with Crippen molar-refractivity contribution in [1.82, 2.24) is 5.32 Å².